The normalized spacial score (nSPS) is 13.4. The van der Waals surface area contributed by atoms with E-state index in [9.17, 15) is 19.4 Å². The molecule has 5 nitrogen and oxygen atoms in total. The van der Waals surface area contributed by atoms with Gasteiger partial charge in [-0.1, -0.05) is 56.3 Å². The molecule has 0 saturated carbocycles. The van der Waals surface area contributed by atoms with E-state index in [1.807, 2.05) is 34.9 Å². The topological polar surface area (TPSA) is 71.7 Å². The Morgan fingerprint density at radius 2 is 1.73 bits per heavy atom. The van der Waals surface area contributed by atoms with Gasteiger partial charge in [0, 0.05) is 23.9 Å². The van der Waals surface area contributed by atoms with Crippen molar-refractivity contribution in [2.75, 3.05) is 7.11 Å². The quantitative estimate of drug-likeness (QED) is 0.437. The first-order valence-electron chi connectivity index (χ1n) is 11.0. The number of hydrogen-bond donors (Lipinski definition) is 2. The third-order valence-electron chi connectivity index (χ3n) is 5.46. The van der Waals surface area contributed by atoms with E-state index in [0.29, 0.717) is 0 Å². The van der Waals surface area contributed by atoms with E-state index >= 15 is 0 Å². The predicted molar refractivity (Wildman–Crippen MR) is 128 cm³/mol. The maximum absolute atomic E-state index is 13.6. The zero-order valence-electron chi connectivity index (χ0n) is 19.1. The Morgan fingerprint density at radius 1 is 1.06 bits per heavy atom. The SMILES string of the molecule is COC(=O)C[C@H](O)C[C@H](O)/C=C/n1c(C(C)C)cc(-c2ccc(F)cc2)c1-c1ccccc1. The number of aliphatic hydroxyl groups excluding tert-OH is 2. The molecule has 0 radical (unpaired) electrons. The molecule has 0 aliphatic heterocycles. The van der Waals surface area contributed by atoms with Crippen molar-refractivity contribution in [2.24, 2.45) is 0 Å². The lowest BCUT2D eigenvalue weighted by molar-refractivity contribution is -0.143. The maximum atomic E-state index is 13.6. The van der Waals surface area contributed by atoms with Crippen LogP contribution in [0, 0.1) is 5.82 Å². The highest BCUT2D eigenvalue weighted by molar-refractivity contribution is 5.84. The van der Waals surface area contributed by atoms with Crippen molar-refractivity contribution in [2.45, 2.75) is 44.8 Å². The fraction of sp³-hybridized carbons (Fsp3) is 0.296. The molecular formula is C27H30FNO4. The Labute approximate surface area is 193 Å². The van der Waals surface area contributed by atoms with Crippen LogP contribution in [0.5, 0.6) is 0 Å². The van der Waals surface area contributed by atoms with Gasteiger partial charge in [0.05, 0.1) is 31.4 Å². The van der Waals surface area contributed by atoms with Gasteiger partial charge in [0.15, 0.2) is 0 Å². The third kappa shape index (κ3) is 6.18. The van der Waals surface area contributed by atoms with Gasteiger partial charge in [-0.3, -0.25) is 4.79 Å². The van der Waals surface area contributed by atoms with Gasteiger partial charge in [0.2, 0.25) is 0 Å². The summed E-state index contributed by atoms with van der Waals surface area (Å²) < 4.78 is 20.1. The maximum Gasteiger partial charge on any atom is 0.308 e. The van der Waals surface area contributed by atoms with Crippen molar-refractivity contribution in [3.63, 3.8) is 0 Å². The Balaban J connectivity index is 2.03. The zero-order chi connectivity index (χ0) is 24.0. The molecule has 0 bridgehead atoms. The second-order valence-corrected chi connectivity index (χ2v) is 8.31. The number of carbonyl (C=O) groups excluding carboxylic acids is 1. The van der Waals surface area contributed by atoms with Crippen LogP contribution in [-0.2, 0) is 9.53 Å². The van der Waals surface area contributed by atoms with Gasteiger partial charge in [-0.2, -0.15) is 0 Å². The smallest absolute Gasteiger partial charge is 0.308 e. The molecule has 1 heterocycles. The molecule has 3 rings (SSSR count). The molecule has 2 aromatic carbocycles. The first kappa shape index (κ1) is 24.4. The Hall–Kier alpha value is -3.22. The van der Waals surface area contributed by atoms with Gasteiger partial charge in [-0.15, -0.1) is 0 Å². The number of aliphatic hydroxyl groups is 2. The summed E-state index contributed by atoms with van der Waals surface area (Å²) in [6.45, 7) is 4.17. The minimum atomic E-state index is -1.00. The summed E-state index contributed by atoms with van der Waals surface area (Å²) in [5.74, 6) is -0.646. The van der Waals surface area contributed by atoms with Gasteiger partial charge in [0.25, 0.3) is 0 Å². The fourth-order valence-corrected chi connectivity index (χ4v) is 3.79. The summed E-state index contributed by atoms with van der Waals surface area (Å²) in [5.41, 5.74) is 4.76. The van der Waals surface area contributed by atoms with E-state index in [0.717, 1.165) is 28.1 Å². The number of halogens is 1. The van der Waals surface area contributed by atoms with Crippen molar-refractivity contribution in [1.29, 1.82) is 0 Å². The van der Waals surface area contributed by atoms with Crippen molar-refractivity contribution in [3.05, 3.63) is 78.3 Å². The van der Waals surface area contributed by atoms with Gasteiger partial charge < -0.3 is 19.5 Å². The van der Waals surface area contributed by atoms with E-state index in [4.69, 9.17) is 0 Å². The third-order valence-corrected chi connectivity index (χ3v) is 5.46. The van der Waals surface area contributed by atoms with Crippen molar-refractivity contribution in [1.82, 2.24) is 4.57 Å². The summed E-state index contributed by atoms with van der Waals surface area (Å²) in [5, 5.41) is 20.5. The van der Waals surface area contributed by atoms with Gasteiger partial charge >= 0.3 is 5.97 Å². The Kier molecular flexibility index (Phi) is 8.20. The molecule has 0 aliphatic rings. The van der Waals surface area contributed by atoms with Gasteiger partial charge in [-0.25, -0.2) is 4.39 Å². The molecule has 33 heavy (non-hydrogen) atoms. The van der Waals surface area contributed by atoms with Crippen molar-refractivity contribution < 1.29 is 24.1 Å². The number of carbonyl (C=O) groups is 1. The van der Waals surface area contributed by atoms with Crippen LogP contribution >= 0.6 is 0 Å². The molecule has 174 valence electrons. The van der Waals surface area contributed by atoms with E-state index in [-0.39, 0.29) is 24.6 Å². The zero-order valence-corrected chi connectivity index (χ0v) is 19.1. The highest BCUT2D eigenvalue weighted by Crippen LogP contribution is 2.38. The summed E-state index contributed by atoms with van der Waals surface area (Å²) in [4.78, 5) is 11.4. The number of hydrogen-bond acceptors (Lipinski definition) is 4. The highest BCUT2D eigenvalue weighted by atomic mass is 19.1. The summed E-state index contributed by atoms with van der Waals surface area (Å²) in [6, 6.07) is 18.4. The Bertz CT molecular complexity index is 1090. The lowest BCUT2D eigenvalue weighted by Gasteiger charge is -2.15. The van der Waals surface area contributed by atoms with E-state index in [2.05, 4.69) is 24.7 Å². The fourth-order valence-electron chi connectivity index (χ4n) is 3.79. The van der Waals surface area contributed by atoms with Crippen LogP contribution in [0.25, 0.3) is 28.6 Å². The molecule has 0 unspecified atom stereocenters. The van der Waals surface area contributed by atoms with Gasteiger partial charge in [-0.05, 0) is 41.3 Å². The van der Waals surface area contributed by atoms with Crippen LogP contribution in [-0.4, -0.2) is 40.1 Å². The van der Waals surface area contributed by atoms with E-state index in [1.165, 1.54) is 19.2 Å². The van der Waals surface area contributed by atoms with Crippen LogP contribution < -0.4 is 0 Å². The number of aromatic nitrogens is 1. The minimum absolute atomic E-state index is 0.00930. The van der Waals surface area contributed by atoms with Crippen LogP contribution in [0.1, 0.15) is 38.3 Å². The number of methoxy groups -OCH3 is 1. The molecule has 0 amide bonds. The van der Waals surface area contributed by atoms with E-state index < -0.39 is 18.2 Å². The van der Waals surface area contributed by atoms with Crippen LogP contribution in [0.15, 0.2) is 66.7 Å². The molecule has 2 atom stereocenters. The molecule has 3 aromatic rings. The van der Waals surface area contributed by atoms with Crippen LogP contribution in [0.4, 0.5) is 4.39 Å². The average Bonchev–Trinajstić information content (AvgIpc) is 3.18. The van der Waals surface area contributed by atoms with Gasteiger partial charge in [0.1, 0.15) is 5.82 Å². The number of esters is 1. The number of ether oxygens (including phenoxy) is 1. The van der Waals surface area contributed by atoms with Crippen LogP contribution in [0.3, 0.4) is 0 Å². The molecule has 0 aliphatic carbocycles. The summed E-state index contributed by atoms with van der Waals surface area (Å²) >= 11 is 0. The Morgan fingerprint density at radius 3 is 2.33 bits per heavy atom. The summed E-state index contributed by atoms with van der Waals surface area (Å²) in [6.07, 6.45) is 1.27. The largest absolute Gasteiger partial charge is 0.469 e. The summed E-state index contributed by atoms with van der Waals surface area (Å²) in [7, 11) is 1.26. The molecule has 6 heteroatoms. The van der Waals surface area contributed by atoms with Crippen molar-refractivity contribution >= 4 is 12.2 Å². The molecule has 0 spiro atoms. The van der Waals surface area contributed by atoms with E-state index in [1.54, 1.807) is 24.4 Å². The highest BCUT2D eigenvalue weighted by Gasteiger charge is 2.20. The van der Waals surface area contributed by atoms with Crippen molar-refractivity contribution in [3.8, 4) is 22.4 Å². The number of nitrogens with zero attached hydrogens (tertiary/aromatic N) is 1. The number of rotatable bonds is 9. The standard InChI is InChI=1S/C27H30FNO4/c1-18(2)25-17-24(19-9-11-21(28)12-10-19)27(20-7-5-4-6-8-20)29(25)14-13-22(30)15-23(31)16-26(32)33-3/h4-14,17-18,22-23,30-31H,15-16H2,1-3H3/b14-13+/t22-,23-/m1/s1. The lowest BCUT2D eigenvalue weighted by atomic mass is 10.0. The monoisotopic (exact) mass is 451 g/mol. The second kappa shape index (κ2) is 11.1. The molecule has 0 saturated heterocycles. The first-order chi connectivity index (χ1) is 15.8. The molecular weight excluding hydrogens is 421 g/mol. The first-order valence-corrected chi connectivity index (χ1v) is 11.0. The minimum Gasteiger partial charge on any atom is -0.469 e. The van der Waals surface area contributed by atoms with Crippen LogP contribution in [0.2, 0.25) is 0 Å². The molecule has 2 N–H and O–H groups in total. The average molecular weight is 452 g/mol. The predicted octanol–water partition coefficient (Wildman–Crippen LogP) is 5.23. The molecule has 1 aromatic heterocycles. The lowest BCUT2D eigenvalue weighted by Crippen LogP contribution is -2.20. The second-order valence-electron chi connectivity index (χ2n) is 8.31. The number of benzene rings is 2. The molecule has 0 fully saturated rings.